The van der Waals surface area contributed by atoms with Crippen LogP contribution in [0.4, 0.5) is 0 Å². The number of piperazine rings is 1. The Morgan fingerprint density at radius 3 is 2.11 bits per heavy atom. The zero-order valence-corrected chi connectivity index (χ0v) is 15.8. The van der Waals surface area contributed by atoms with Crippen LogP contribution in [0.25, 0.3) is 0 Å². The predicted molar refractivity (Wildman–Crippen MR) is 107 cm³/mol. The molecule has 0 atom stereocenters. The summed E-state index contributed by atoms with van der Waals surface area (Å²) in [5, 5.41) is 2.95. The number of benzene rings is 2. The van der Waals surface area contributed by atoms with E-state index >= 15 is 0 Å². The second-order valence-electron chi connectivity index (χ2n) is 6.93. The molecule has 1 saturated heterocycles. The summed E-state index contributed by atoms with van der Waals surface area (Å²) in [6, 6.07) is 20.5. The molecule has 0 radical (unpaired) electrons. The maximum absolute atomic E-state index is 11.9. The quantitative estimate of drug-likeness (QED) is 0.738. The van der Waals surface area contributed by atoms with Gasteiger partial charge in [-0.1, -0.05) is 60.7 Å². The monoisotopic (exact) mass is 367 g/mol. The Labute approximate surface area is 161 Å². The molecule has 1 N–H and O–H groups in total. The van der Waals surface area contributed by atoms with Gasteiger partial charge in [0.2, 0.25) is 5.91 Å². The second-order valence-corrected chi connectivity index (χ2v) is 6.93. The topological polar surface area (TPSA) is 44.8 Å². The van der Waals surface area contributed by atoms with Crippen LogP contribution in [0, 0.1) is 0 Å². The van der Waals surface area contributed by atoms with E-state index in [1.54, 1.807) is 0 Å². The lowest BCUT2D eigenvalue weighted by atomic mass is 10.2. The largest absolute Gasteiger partial charge is 0.367 e. The van der Waals surface area contributed by atoms with Crippen LogP contribution in [-0.4, -0.2) is 61.6 Å². The first-order valence-electron chi connectivity index (χ1n) is 9.66. The predicted octanol–water partition coefficient (Wildman–Crippen LogP) is 2.14. The molecule has 144 valence electrons. The highest BCUT2D eigenvalue weighted by atomic mass is 16.5. The SMILES string of the molecule is O=C(COCc1ccccc1)NCCN1CCN(Cc2ccccc2)CC1. The lowest BCUT2D eigenvalue weighted by Gasteiger charge is -2.34. The van der Waals surface area contributed by atoms with Gasteiger partial charge >= 0.3 is 0 Å². The van der Waals surface area contributed by atoms with Crippen molar-refractivity contribution < 1.29 is 9.53 Å². The number of hydrogen-bond acceptors (Lipinski definition) is 4. The van der Waals surface area contributed by atoms with Crippen molar-refractivity contribution in [1.29, 1.82) is 0 Å². The van der Waals surface area contributed by atoms with E-state index in [0.29, 0.717) is 13.2 Å². The van der Waals surface area contributed by atoms with E-state index in [1.165, 1.54) is 5.56 Å². The van der Waals surface area contributed by atoms with Gasteiger partial charge in [0.05, 0.1) is 6.61 Å². The minimum Gasteiger partial charge on any atom is -0.367 e. The zero-order chi connectivity index (χ0) is 18.7. The highest BCUT2D eigenvalue weighted by Gasteiger charge is 2.16. The summed E-state index contributed by atoms with van der Waals surface area (Å²) < 4.78 is 5.46. The molecule has 5 nitrogen and oxygen atoms in total. The molecule has 1 fully saturated rings. The summed E-state index contributed by atoms with van der Waals surface area (Å²) >= 11 is 0. The van der Waals surface area contributed by atoms with Crippen LogP contribution in [0.2, 0.25) is 0 Å². The molecule has 27 heavy (non-hydrogen) atoms. The van der Waals surface area contributed by atoms with E-state index in [1.807, 2.05) is 30.3 Å². The molecule has 1 heterocycles. The van der Waals surface area contributed by atoms with Crippen LogP contribution in [0.15, 0.2) is 60.7 Å². The van der Waals surface area contributed by atoms with Crippen LogP contribution in [0.3, 0.4) is 0 Å². The minimum absolute atomic E-state index is 0.0476. The van der Waals surface area contributed by atoms with E-state index in [-0.39, 0.29) is 12.5 Å². The first kappa shape index (κ1) is 19.5. The Kier molecular flexibility index (Phi) is 7.84. The Hall–Kier alpha value is -2.21. The fourth-order valence-corrected chi connectivity index (χ4v) is 3.25. The first-order valence-corrected chi connectivity index (χ1v) is 9.66. The smallest absolute Gasteiger partial charge is 0.246 e. The van der Waals surface area contributed by atoms with Gasteiger partial charge in [0.25, 0.3) is 0 Å². The summed E-state index contributed by atoms with van der Waals surface area (Å²) in [4.78, 5) is 16.8. The van der Waals surface area contributed by atoms with Crippen LogP contribution in [0.5, 0.6) is 0 Å². The summed E-state index contributed by atoms with van der Waals surface area (Å²) in [6.07, 6.45) is 0. The molecule has 1 aliphatic heterocycles. The third-order valence-corrected chi connectivity index (χ3v) is 4.81. The van der Waals surface area contributed by atoms with Gasteiger partial charge in [-0.2, -0.15) is 0 Å². The van der Waals surface area contributed by atoms with Crippen LogP contribution in [0.1, 0.15) is 11.1 Å². The van der Waals surface area contributed by atoms with Crippen molar-refractivity contribution in [1.82, 2.24) is 15.1 Å². The van der Waals surface area contributed by atoms with Gasteiger partial charge in [0.1, 0.15) is 6.61 Å². The van der Waals surface area contributed by atoms with Gasteiger partial charge in [0.15, 0.2) is 0 Å². The Morgan fingerprint density at radius 1 is 0.852 bits per heavy atom. The number of carbonyl (C=O) groups is 1. The molecular weight excluding hydrogens is 338 g/mol. The highest BCUT2D eigenvalue weighted by Crippen LogP contribution is 2.08. The van der Waals surface area contributed by atoms with Crippen molar-refractivity contribution in [2.45, 2.75) is 13.2 Å². The van der Waals surface area contributed by atoms with Crippen molar-refractivity contribution in [3.8, 4) is 0 Å². The number of carbonyl (C=O) groups excluding carboxylic acids is 1. The molecule has 0 unspecified atom stereocenters. The molecule has 0 aromatic heterocycles. The summed E-state index contributed by atoms with van der Waals surface area (Å²) in [5.74, 6) is -0.0476. The summed E-state index contributed by atoms with van der Waals surface area (Å²) in [6.45, 7) is 7.41. The third-order valence-electron chi connectivity index (χ3n) is 4.81. The number of ether oxygens (including phenoxy) is 1. The van der Waals surface area contributed by atoms with E-state index in [2.05, 4.69) is 45.4 Å². The van der Waals surface area contributed by atoms with Crippen molar-refractivity contribution in [2.24, 2.45) is 0 Å². The van der Waals surface area contributed by atoms with Crippen molar-refractivity contribution in [3.05, 3.63) is 71.8 Å². The molecular formula is C22H29N3O2. The molecule has 3 rings (SSSR count). The fourth-order valence-electron chi connectivity index (χ4n) is 3.25. The number of nitrogens with zero attached hydrogens (tertiary/aromatic N) is 2. The maximum atomic E-state index is 11.9. The highest BCUT2D eigenvalue weighted by molar-refractivity contribution is 5.77. The molecule has 0 aliphatic carbocycles. The number of amides is 1. The second kappa shape index (κ2) is 10.8. The van der Waals surface area contributed by atoms with Crippen molar-refractivity contribution >= 4 is 5.91 Å². The fraction of sp³-hybridized carbons (Fsp3) is 0.409. The van der Waals surface area contributed by atoms with Gasteiger partial charge < -0.3 is 10.1 Å². The van der Waals surface area contributed by atoms with E-state index in [4.69, 9.17) is 4.74 Å². The van der Waals surface area contributed by atoms with Crippen LogP contribution < -0.4 is 5.32 Å². The first-order chi connectivity index (χ1) is 13.3. The van der Waals surface area contributed by atoms with Crippen LogP contribution in [-0.2, 0) is 22.7 Å². The lowest BCUT2D eigenvalue weighted by Crippen LogP contribution is -2.48. The van der Waals surface area contributed by atoms with E-state index in [9.17, 15) is 4.79 Å². The van der Waals surface area contributed by atoms with Crippen molar-refractivity contribution in [2.75, 3.05) is 45.9 Å². The molecule has 1 aliphatic rings. The average molecular weight is 367 g/mol. The van der Waals surface area contributed by atoms with Crippen LogP contribution >= 0.6 is 0 Å². The molecule has 5 heteroatoms. The number of nitrogens with one attached hydrogen (secondary N) is 1. The van der Waals surface area contributed by atoms with Gasteiger partial charge in [-0.05, 0) is 11.1 Å². The standard InChI is InChI=1S/C22H29N3O2/c26-22(19-27-18-21-9-5-2-6-10-21)23-11-12-24-13-15-25(16-14-24)17-20-7-3-1-4-8-20/h1-10H,11-19H2,(H,23,26). The number of hydrogen-bond donors (Lipinski definition) is 1. The summed E-state index contributed by atoms with van der Waals surface area (Å²) in [7, 11) is 0. The summed E-state index contributed by atoms with van der Waals surface area (Å²) in [5.41, 5.74) is 2.45. The molecule has 0 spiro atoms. The average Bonchev–Trinajstić information content (AvgIpc) is 2.71. The third kappa shape index (κ3) is 7.13. The molecule has 0 bridgehead atoms. The van der Waals surface area contributed by atoms with Gasteiger partial charge in [-0.25, -0.2) is 0 Å². The Morgan fingerprint density at radius 2 is 1.44 bits per heavy atom. The molecule has 2 aromatic rings. The molecule has 0 saturated carbocycles. The number of rotatable bonds is 9. The van der Waals surface area contributed by atoms with Gasteiger partial charge in [-0.3, -0.25) is 14.6 Å². The minimum atomic E-state index is -0.0476. The van der Waals surface area contributed by atoms with Crippen molar-refractivity contribution in [3.63, 3.8) is 0 Å². The Bertz CT molecular complexity index is 670. The zero-order valence-electron chi connectivity index (χ0n) is 15.8. The van der Waals surface area contributed by atoms with E-state index in [0.717, 1.165) is 44.8 Å². The maximum Gasteiger partial charge on any atom is 0.246 e. The molecule has 1 amide bonds. The normalized spacial score (nSPS) is 15.6. The van der Waals surface area contributed by atoms with Gasteiger partial charge in [-0.15, -0.1) is 0 Å². The Balaban J connectivity index is 1.24. The van der Waals surface area contributed by atoms with E-state index < -0.39 is 0 Å². The van der Waals surface area contributed by atoms with Gasteiger partial charge in [0, 0.05) is 45.8 Å². The lowest BCUT2D eigenvalue weighted by molar-refractivity contribution is -0.126. The molecule has 2 aromatic carbocycles.